The monoisotopic (exact) mass is 574 g/mol. The third-order valence-electron chi connectivity index (χ3n) is 8.59. The quantitative estimate of drug-likeness (QED) is 0.467. The molecule has 6 rings (SSSR count). The Morgan fingerprint density at radius 2 is 1.82 bits per heavy atom. The van der Waals surface area contributed by atoms with Gasteiger partial charge in [0, 0.05) is 47.8 Å². The van der Waals surface area contributed by atoms with E-state index in [1.165, 1.54) is 17.2 Å². The molecule has 1 N–H and O–H groups in total. The molecule has 8 heteroatoms. The number of hydrogen-bond donors (Lipinski definition) is 1. The van der Waals surface area contributed by atoms with Crippen LogP contribution in [0.4, 0.5) is 0 Å². The Morgan fingerprint density at radius 3 is 2.58 bits per heavy atom. The van der Waals surface area contributed by atoms with Crippen molar-refractivity contribution in [1.29, 1.82) is 0 Å². The van der Waals surface area contributed by atoms with Crippen molar-refractivity contribution in [2.45, 2.75) is 43.7 Å². The Kier molecular flexibility index (Phi) is 6.38. The van der Waals surface area contributed by atoms with Gasteiger partial charge in [-0.05, 0) is 66.5 Å². The molecule has 0 unspecified atom stereocenters. The second kappa shape index (κ2) is 9.73. The number of hydrogen-bond acceptors (Lipinski definition) is 3. The van der Waals surface area contributed by atoms with E-state index in [9.17, 15) is 14.4 Å². The minimum atomic E-state index is -0.140. The van der Waals surface area contributed by atoms with Gasteiger partial charge >= 0.3 is 0 Å². The topological polar surface area (TPSA) is 74.6 Å². The van der Waals surface area contributed by atoms with Crippen molar-refractivity contribution in [3.05, 3.63) is 82.5 Å². The zero-order valence-corrected chi connectivity index (χ0v) is 22.9. The molecule has 7 nitrogen and oxygen atoms in total. The van der Waals surface area contributed by atoms with Gasteiger partial charge in [-0.2, -0.15) is 0 Å². The molecule has 0 radical (unpaired) electrons. The SMILES string of the molecule is C=CC(=O)N1CC(NC(=O)Cn2cc(C(=O)N3CCC4(CCc5ccccc54)CC3)c3cc(Br)ccc32)C1. The molecule has 1 spiro atoms. The fraction of sp³-hybridized carbons (Fsp3) is 0.367. The molecule has 3 heterocycles. The van der Waals surface area contributed by atoms with Crippen LogP contribution in [0.15, 0.2) is 65.8 Å². The van der Waals surface area contributed by atoms with Gasteiger partial charge in [-0.25, -0.2) is 0 Å². The van der Waals surface area contributed by atoms with Crippen LogP contribution in [-0.4, -0.2) is 64.3 Å². The number of amides is 3. The lowest BCUT2D eigenvalue weighted by atomic mass is 9.74. The molecule has 0 saturated carbocycles. The molecule has 3 aliphatic rings. The number of benzene rings is 2. The number of piperidine rings is 1. The largest absolute Gasteiger partial charge is 0.348 e. The third kappa shape index (κ3) is 4.34. The van der Waals surface area contributed by atoms with Gasteiger partial charge in [0.2, 0.25) is 11.8 Å². The molecule has 38 heavy (non-hydrogen) atoms. The minimum absolute atomic E-state index is 0.0194. The first-order chi connectivity index (χ1) is 18.4. The van der Waals surface area contributed by atoms with Crippen molar-refractivity contribution < 1.29 is 14.4 Å². The van der Waals surface area contributed by atoms with Crippen LogP contribution in [-0.2, 0) is 28.0 Å². The van der Waals surface area contributed by atoms with Crippen LogP contribution in [0.25, 0.3) is 10.9 Å². The summed E-state index contributed by atoms with van der Waals surface area (Å²) in [6.45, 7) is 6.05. The third-order valence-corrected chi connectivity index (χ3v) is 9.08. The number of halogens is 1. The number of fused-ring (bicyclic) bond motifs is 3. The van der Waals surface area contributed by atoms with E-state index < -0.39 is 0 Å². The first-order valence-corrected chi connectivity index (χ1v) is 14.0. The molecule has 2 saturated heterocycles. The fourth-order valence-corrected chi connectivity index (χ4v) is 6.83. The molecule has 2 fully saturated rings. The van der Waals surface area contributed by atoms with Crippen LogP contribution < -0.4 is 5.32 Å². The van der Waals surface area contributed by atoms with E-state index >= 15 is 0 Å². The van der Waals surface area contributed by atoms with Crippen LogP contribution in [0.3, 0.4) is 0 Å². The van der Waals surface area contributed by atoms with E-state index in [-0.39, 0.29) is 35.7 Å². The van der Waals surface area contributed by atoms with Crippen molar-refractivity contribution >= 4 is 44.6 Å². The second-order valence-electron chi connectivity index (χ2n) is 10.8. The van der Waals surface area contributed by atoms with Gasteiger partial charge in [-0.1, -0.05) is 46.8 Å². The molecule has 0 atom stereocenters. The first kappa shape index (κ1) is 24.9. The summed E-state index contributed by atoms with van der Waals surface area (Å²) in [5.41, 5.74) is 4.60. The number of rotatable bonds is 5. The van der Waals surface area contributed by atoms with Crippen molar-refractivity contribution in [3.8, 4) is 0 Å². The van der Waals surface area contributed by atoms with Gasteiger partial charge in [0.25, 0.3) is 5.91 Å². The number of aromatic nitrogens is 1. The second-order valence-corrected chi connectivity index (χ2v) is 11.7. The van der Waals surface area contributed by atoms with Gasteiger partial charge in [0.15, 0.2) is 0 Å². The number of nitrogens with one attached hydrogen (secondary N) is 1. The lowest BCUT2D eigenvalue weighted by molar-refractivity contribution is -0.133. The van der Waals surface area contributed by atoms with E-state index in [0.717, 1.165) is 54.1 Å². The Hall–Kier alpha value is -3.39. The van der Waals surface area contributed by atoms with Crippen molar-refractivity contribution in [3.63, 3.8) is 0 Å². The fourth-order valence-electron chi connectivity index (χ4n) is 6.47. The predicted octanol–water partition coefficient (Wildman–Crippen LogP) is 4.04. The van der Waals surface area contributed by atoms with Crippen LogP contribution >= 0.6 is 15.9 Å². The summed E-state index contributed by atoms with van der Waals surface area (Å²) in [4.78, 5) is 41.9. The predicted molar refractivity (Wildman–Crippen MR) is 150 cm³/mol. The Balaban J connectivity index is 1.17. The zero-order chi connectivity index (χ0) is 26.4. The highest BCUT2D eigenvalue weighted by atomic mass is 79.9. The number of carbonyl (C=O) groups excluding carboxylic acids is 3. The van der Waals surface area contributed by atoms with Crippen molar-refractivity contribution in [2.75, 3.05) is 26.2 Å². The molecule has 1 aromatic heterocycles. The molecule has 3 amide bonds. The Labute approximate surface area is 230 Å². The lowest BCUT2D eigenvalue weighted by Gasteiger charge is -2.40. The molecule has 1 aliphatic carbocycles. The molecular weight excluding hydrogens is 544 g/mol. The normalized spacial score (nSPS) is 18.3. The highest BCUT2D eigenvalue weighted by Gasteiger charge is 2.42. The molecule has 3 aromatic rings. The number of nitrogens with zero attached hydrogens (tertiary/aromatic N) is 3. The molecule has 196 valence electrons. The Morgan fingerprint density at radius 1 is 1.05 bits per heavy atom. The summed E-state index contributed by atoms with van der Waals surface area (Å²) in [5.74, 6) is -0.244. The van der Waals surface area contributed by atoms with E-state index in [0.29, 0.717) is 18.7 Å². The average molecular weight is 576 g/mol. The zero-order valence-electron chi connectivity index (χ0n) is 21.3. The van der Waals surface area contributed by atoms with Crippen LogP contribution in [0.2, 0.25) is 0 Å². The maximum absolute atomic E-state index is 13.8. The number of aryl methyl sites for hydroxylation is 1. The maximum Gasteiger partial charge on any atom is 0.256 e. The van der Waals surface area contributed by atoms with Crippen LogP contribution in [0.1, 0.15) is 40.7 Å². The van der Waals surface area contributed by atoms with Crippen LogP contribution in [0.5, 0.6) is 0 Å². The minimum Gasteiger partial charge on any atom is -0.348 e. The summed E-state index contributed by atoms with van der Waals surface area (Å²) in [5, 5.41) is 3.84. The summed E-state index contributed by atoms with van der Waals surface area (Å²) in [6.07, 6.45) is 7.35. The van der Waals surface area contributed by atoms with Gasteiger partial charge in [0.05, 0.1) is 11.6 Å². The standard InChI is InChI=1S/C30H31BrN4O3/c1-2-28(37)35-16-22(17-35)32-27(36)19-34-18-24(23-15-21(31)7-8-26(23)34)29(38)33-13-11-30(12-14-33)10-9-20-5-3-4-6-25(20)30/h2-8,15,18,22H,1,9-14,16-17,19H2,(H,32,36). The molecule has 0 bridgehead atoms. The summed E-state index contributed by atoms with van der Waals surface area (Å²) in [7, 11) is 0. The van der Waals surface area contributed by atoms with E-state index in [1.54, 1.807) is 4.90 Å². The number of carbonyl (C=O) groups is 3. The van der Waals surface area contributed by atoms with Gasteiger partial charge in [-0.15, -0.1) is 0 Å². The Bertz CT molecular complexity index is 1450. The molecular formula is C30H31BrN4O3. The van der Waals surface area contributed by atoms with Crippen molar-refractivity contribution in [2.24, 2.45) is 0 Å². The summed E-state index contributed by atoms with van der Waals surface area (Å²) in [6, 6.07) is 14.5. The highest BCUT2D eigenvalue weighted by molar-refractivity contribution is 9.10. The highest BCUT2D eigenvalue weighted by Crippen LogP contribution is 2.46. The van der Waals surface area contributed by atoms with Gasteiger partial charge in [0.1, 0.15) is 6.54 Å². The average Bonchev–Trinajstić information content (AvgIpc) is 3.44. The molecule has 2 aliphatic heterocycles. The number of likely N-dealkylation sites (tertiary alicyclic amines) is 2. The molecule has 2 aromatic carbocycles. The van der Waals surface area contributed by atoms with Gasteiger partial charge < -0.3 is 19.7 Å². The lowest BCUT2D eigenvalue weighted by Crippen LogP contribution is -2.61. The van der Waals surface area contributed by atoms with E-state index in [1.807, 2.05) is 33.9 Å². The summed E-state index contributed by atoms with van der Waals surface area (Å²) < 4.78 is 2.75. The van der Waals surface area contributed by atoms with Gasteiger partial charge in [-0.3, -0.25) is 14.4 Å². The summed E-state index contributed by atoms with van der Waals surface area (Å²) >= 11 is 3.55. The smallest absolute Gasteiger partial charge is 0.256 e. The van der Waals surface area contributed by atoms with E-state index in [2.05, 4.69) is 52.1 Å². The van der Waals surface area contributed by atoms with E-state index in [4.69, 9.17) is 0 Å². The first-order valence-electron chi connectivity index (χ1n) is 13.2. The van der Waals surface area contributed by atoms with Crippen molar-refractivity contribution in [1.82, 2.24) is 19.7 Å². The maximum atomic E-state index is 13.8. The van der Waals surface area contributed by atoms with Crippen LogP contribution in [0, 0.1) is 0 Å².